The largest absolute Gasteiger partial charge is 0.313 e. The van der Waals surface area contributed by atoms with Gasteiger partial charge in [0.15, 0.2) is 0 Å². The summed E-state index contributed by atoms with van der Waals surface area (Å²) in [7, 11) is 0. The highest BCUT2D eigenvalue weighted by atomic mass is 15.2. The Morgan fingerprint density at radius 1 is 0.895 bits per heavy atom. The van der Waals surface area contributed by atoms with E-state index in [9.17, 15) is 0 Å². The summed E-state index contributed by atoms with van der Waals surface area (Å²) in [4.78, 5) is 2.61. The second kappa shape index (κ2) is 11.7. The predicted molar refractivity (Wildman–Crippen MR) is 87.8 cm³/mol. The maximum Gasteiger partial charge on any atom is 0.0110 e. The monoisotopic (exact) mass is 270 g/mol. The molecule has 0 aliphatic heterocycles. The van der Waals surface area contributed by atoms with Crippen LogP contribution in [0, 0.1) is 5.92 Å². The zero-order chi connectivity index (χ0) is 14.7. The van der Waals surface area contributed by atoms with Crippen molar-refractivity contribution in [2.75, 3.05) is 19.6 Å². The highest BCUT2D eigenvalue weighted by Gasteiger charge is 2.09. The quantitative estimate of drug-likeness (QED) is 0.532. The number of hydrogen-bond acceptors (Lipinski definition) is 2. The number of rotatable bonds is 12. The van der Waals surface area contributed by atoms with Crippen LogP contribution in [0.15, 0.2) is 0 Å². The third kappa shape index (κ3) is 11.4. The molecule has 0 spiro atoms. The topological polar surface area (TPSA) is 15.3 Å². The van der Waals surface area contributed by atoms with Crippen LogP contribution in [0.5, 0.6) is 0 Å². The van der Waals surface area contributed by atoms with E-state index in [1.807, 2.05) is 0 Å². The van der Waals surface area contributed by atoms with Gasteiger partial charge in [0, 0.05) is 25.2 Å². The maximum atomic E-state index is 3.67. The molecule has 1 N–H and O–H groups in total. The lowest BCUT2D eigenvalue weighted by Crippen LogP contribution is -2.39. The SMILES string of the molecule is CCCCCN(CCNC(C)CCC(C)C)C(C)C. The van der Waals surface area contributed by atoms with Gasteiger partial charge in [-0.05, 0) is 52.5 Å². The first-order valence-electron chi connectivity index (χ1n) is 8.44. The van der Waals surface area contributed by atoms with Gasteiger partial charge in [-0.25, -0.2) is 0 Å². The Hall–Kier alpha value is -0.0800. The van der Waals surface area contributed by atoms with Crippen molar-refractivity contribution in [2.24, 2.45) is 5.92 Å². The van der Waals surface area contributed by atoms with Gasteiger partial charge in [0.25, 0.3) is 0 Å². The van der Waals surface area contributed by atoms with E-state index >= 15 is 0 Å². The Bertz CT molecular complexity index is 190. The fourth-order valence-corrected chi connectivity index (χ4v) is 2.33. The number of hydrogen-bond donors (Lipinski definition) is 1. The molecule has 0 aromatic carbocycles. The van der Waals surface area contributed by atoms with Crippen molar-refractivity contribution in [3.8, 4) is 0 Å². The lowest BCUT2D eigenvalue weighted by molar-refractivity contribution is 0.214. The molecule has 0 radical (unpaired) electrons. The Kier molecular flexibility index (Phi) is 11.7. The molecule has 19 heavy (non-hydrogen) atoms. The van der Waals surface area contributed by atoms with Gasteiger partial charge in [-0.15, -0.1) is 0 Å². The molecule has 0 aliphatic carbocycles. The molecule has 0 saturated heterocycles. The molecule has 0 fully saturated rings. The van der Waals surface area contributed by atoms with Crippen LogP contribution in [0.2, 0.25) is 0 Å². The highest BCUT2D eigenvalue weighted by molar-refractivity contribution is 4.67. The summed E-state index contributed by atoms with van der Waals surface area (Å²) in [5.74, 6) is 0.824. The first-order chi connectivity index (χ1) is 8.97. The maximum absolute atomic E-state index is 3.67. The third-order valence-electron chi connectivity index (χ3n) is 3.85. The minimum Gasteiger partial charge on any atom is -0.313 e. The molecule has 116 valence electrons. The van der Waals surface area contributed by atoms with Crippen molar-refractivity contribution in [2.45, 2.75) is 85.7 Å². The van der Waals surface area contributed by atoms with Gasteiger partial charge < -0.3 is 5.32 Å². The second-order valence-electron chi connectivity index (χ2n) is 6.66. The molecular weight excluding hydrogens is 232 g/mol. The Labute approximate surface area is 122 Å². The molecule has 2 heteroatoms. The lowest BCUT2D eigenvalue weighted by Gasteiger charge is -2.27. The van der Waals surface area contributed by atoms with Gasteiger partial charge in [0.1, 0.15) is 0 Å². The second-order valence-corrected chi connectivity index (χ2v) is 6.66. The van der Waals surface area contributed by atoms with Crippen molar-refractivity contribution in [1.82, 2.24) is 10.2 Å². The average Bonchev–Trinajstić information content (AvgIpc) is 2.34. The van der Waals surface area contributed by atoms with Crippen molar-refractivity contribution < 1.29 is 0 Å². The smallest absolute Gasteiger partial charge is 0.0110 e. The number of nitrogens with zero attached hydrogens (tertiary/aromatic N) is 1. The van der Waals surface area contributed by atoms with E-state index in [0.717, 1.165) is 12.5 Å². The molecule has 0 bridgehead atoms. The van der Waals surface area contributed by atoms with E-state index in [1.54, 1.807) is 0 Å². The van der Waals surface area contributed by atoms with Crippen molar-refractivity contribution >= 4 is 0 Å². The van der Waals surface area contributed by atoms with Crippen molar-refractivity contribution in [1.29, 1.82) is 0 Å². The van der Waals surface area contributed by atoms with E-state index < -0.39 is 0 Å². The highest BCUT2D eigenvalue weighted by Crippen LogP contribution is 2.06. The van der Waals surface area contributed by atoms with Gasteiger partial charge in [0.05, 0.1) is 0 Å². The van der Waals surface area contributed by atoms with Crippen LogP contribution in [0.3, 0.4) is 0 Å². The number of nitrogens with one attached hydrogen (secondary N) is 1. The van der Waals surface area contributed by atoms with Crippen LogP contribution in [0.4, 0.5) is 0 Å². The van der Waals surface area contributed by atoms with Crippen molar-refractivity contribution in [3.63, 3.8) is 0 Å². The van der Waals surface area contributed by atoms with Crippen LogP contribution < -0.4 is 5.32 Å². The van der Waals surface area contributed by atoms with Gasteiger partial charge >= 0.3 is 0 Å². The van der Waals surface area contributed by atoms with E-state index in [1.165, 1.54) is 45.2 Å². The van der Waals surface area contributed by atoms with E-state index in [4.69, 9.17) is 0 Å². The minimum atomic E-state index is 0.659. The molecule has 0 aliphatic rings. The Morgan fingerprint density at radius 3 is 2.11 bits per heavy atom. The molecule has 1 unspecified atom stereocenters. The molecule has 0 amide bonds. The van der Waals surface area contributed by atoms with Crippen LogP contribution in [-0.4, -0.2) is 36.6 Å². The first-order valence-corrected chi connectivity index (χ1v) is 8.44. The average molecular weight is 271 g/mol. The summed E-state index contributed by atoms with van der Waals surface area (Å²) in [6, 6.07) is 1.33. The zero-order valence-electron chi connectivity index (χ0n) is 14.3. The summed E-state index contributed by atoms with van der Waals surface area (Å²) < 4.78 is 0. The van der Waals surface area contributed by atoms with Crippen LogP contribution >= 0.6 is 0 Å². The molecule has 0 aromatic heterocycles. The summed E-state index contributed by atoms with van der Waals surface area (Å²) in [5, 5.41) is 3.67. The molecule has 0 heterocycles. The standard InChI is InChI=1S/C17H38N2/c1-7-8-9-13-19(16(4)5)14-12-18-17(6)11-10-15(2)3/h15-18H,7-14H2,1-6H3. The Balaban J connectivity index is 3.73. The summed E-state index contributed by atoms with van der Waals surface area (Å²) in [6.07, 6.45) is 6.66. The third-order valence-corrected chi connectivity index (χ3v) is 3.85. The van der Waals surface area contributed by atoms with Crippen LogP contribution in [0.25, 0.3) is 0 Å². The van der Waals surface area contributed by atoms with Gasteiger partial charge in [-0.2, -0.15) is 0 Å². The lowest BCUT2D eigenvalue weighted by atomic mass is 10.0. The zero-order valence-corrected chi connectivity index (χ0v) is 14.3. The summed E-state index contributed by atoms with van der Waals surface area (Å²) in [6.45, 7) is 17.4. The van der Waals surface area contributed by atoms with E-state index in [0.29, 0.717) is 12.1 Å². The molecule has 0 aromatic rings. The van der Waals surface area contributed by atoms with E-state index in [2.05, 4.69) is 51.8 Å². The molecular formula is C17H38N2. The Morgan fingerprint density at radius 2 is 1.58 bits per heavy atom. The van der Waals surface area contributed by atoms with Gasteiger partial charge in [-0.1, -0.05) is 33.6 Å². The van der Waals surface area contributed by atoms with Crippen LogP contribution in [-0.2, 0) is 0 Å². The summed E-state index contributed by atoms with van der Waals surface area (Å²) >= 11 is 0. The molecule has 0 saturated carbocycles. The van der Waals surface area contributed by atoms with Gasteiger partial charge in [-0.3, -0.25) is 4.90 Å². The minimum absolute atomic E-state index is 0.659. The first kappa shape index (κ1) is 18.9. The molecule has 0 rings (SSSR count). The fourth-order valence-electron chi connectivity index (χ4n) is 2.33. The normalized spacial score (nSPS) is 13.7. The predicted octanol–water partition coefficient (Wildman–Crippen LogP) is 4.30. The van der Waals surface area contributed by atoms with Crippen molar-refractivity contribution in [3.05, 3.63) is 0 Å². The van der Waals surface area contributed by atoms with E-state index in [-0.39, 0.29) is 0 Å². The fraction of sp³-hybridized carbons (Fsp3) is 1.00. The molecule has 1 atom stereocenters. The molecule has 2 nitrogen and oxygen atoms in total. The number of unbranched alkanes of at least 4 members (excludes halogenated alkanes) is 2. The summed E-state index contributed by atoms with van der Waals surface area (Å²) in [5.41, 5.74) is 0. The van der Waals surface area contributed by atoms with Crippen LogP contribution in [0.1, 0.15) is 73.6 Å². The van der Waals surface area contributed by atoms with Gasteiger partial charge in [0.2, 0.25) is 0 Å².